The molecule has 0 N–H and O–H groups in total. The van der Waals surface area contributed by atoms with Crippen LogP contribution in [0, 0.1) is 11.6 Å². The molecule has 1 amide bonds. The number of hydrogen-bond donors (Lipinski definition) is 0. The fourth-order valence-electron chi connectivity index (χ4n) is 3.41. The largest absolute Gasteiger partial charge is 0.390 e. The van der Waals surface area contributed by atoms with E-state index < -0.39 is 5.82 Å². The number of amides is 1. The van der Waals surface area contributed by atoms with Crippen molar-refractivity contribution in [1.82, 2.24) is 4.90 Å². The Morgan fingerprint density at radius 1 is 0.967 bits per heavy atom. The molecule has 1 aliphatic heterocycles. The zero-order valence-electron chi connectivity index (χ0n) is 16.2. The second-order valence-corrected chi connectivity index (χ2v) is 7.16. The van der Waals surface area contributed by atoms with Crippen LogP contribution >= 0.6 is 0 Å². The molecule has 0 spiro atoms. The lowest BCUT2D eigenvalue weighted by Crippen LogP contribution is -2.37. The van der Waals surface area contributed by atoms with E-state index in [-0.39, 0.29) is 36.5 Å². The van der Waals surface area contributed by atoms with E-state index in [1.54, 1.807) is 23.1 Å². The summed E-state index contributed by atoms with van der Waals surface area (Å²) in [5.74, 6) is -1.15. The van der Waals surface area contributed by atoms with Crippen molar-refractivity contribution in [3.63, 3.8) is 0 Å². The molecule has 0 saturated carbocycles. The lowest BCUT2D eigenvalue weighted by Gasteiger charge is -2.25. The molecule has 30 heavy (non-hydrogen) atoms. The first-order valence-corrected chi connectivity index (χ1v) is 9.66. The van der Waals surface area contributed by atoms with Crippen LogP contribution in [0.15, 0.2) is 84.0 Å². The van der Waals surface area contributed by atoms with Gasteiger partial charge in [0.2, 0.25) is 0 Å². The van der Waals surface area contributed by atoms with Crippen LogP contribution in [0.2, 0.25) is 0 Å². The Morgan fingerprint density at radius 3 is 2.47 bits per heavy atom. The molecule has 152 valence electrons. The Labute approximate surface area is 173 Å². The smallest absolute Gasteiger partial charge is 0.254 e. The number of benzene rings is 3. The van der Waals surface area contributed by atoms with E-state index in [1.807, 2.05) is 30.3 Å². The van der Waals surface area contributed by atoms with E-state index in [2.05, 4.69) is 5.16 Å². The highest BCUT2D eigenvalue weighted by Crippen LogP contribution is 2.20. The van der Waals surface area contributed by atoms with E-state index in [4.69, 9.17) is 4.84 Å². The summed E-state index contributed by atoms with van der Waals surface area (Å²) in [6.07, 6.45) is 0.235. The SMILES string of the molecule is O=C(c1cccc(F)c1)N(Cc1ccc(F)cc1)CC1CC(c2ccccc2)=NO1. The second kappa shape index (κ2) is 8.86. The predicted octanol–water partition coefficient (Wildman–Crippen LogP) is 4.80. The molecule has 1 atom stereocenters. The van der Waals surface area contributed by atoms with Crippen LogP contribution in [0.1, 0.15) is 27.9 Å². The molecular weight excluding hydrogens is 386 g/mol. The summed E-state index contributed by atoms with van der Waals surface area (Å²) in [6, 6.07) is 21.2. The molecule has 3 aromatic carbocycles. The number of nitrogens with zero attached hydrogens (tertiary/aromatic N) is 2. The van der Waals surface area contributed by atoms with Gasteiger partial charge in [0.15, 0.2) is 6.10 Å². The van der Waals surface area contributed by atoms with Crippen molar-refractivity contribution in [3.8, 4) is 0 Å². The third-order valence-electron chi connectivity index (χ3n) is 4.91. The van der Waals surface area contributed by atoms with Crippen LogP contribution in [0.25, 0.3) is 0 Å². The van der Waals surface area contributed by atoms with Crippen molar-refractivity contribution >= 4 is 11.6 Å². The van der Waals surface area contributed by atoms with Gasteiger partial charge in [-0.05, 0) is 41.5 Å². The fraction of sp³-hybridized carbons (Fsp3) is 0.167. The first-order valence-electron chi connectivity index (χ1n) is 9.66. The molecule has 0 saturated heterocycles. The van der Waals surface area contributed by atoms with Gasteiger partial charge in [0.25, 0.3) is 5.91 Å². The lowest BCUT2D eigenvalue weighted by molar-refractivity contribution is 0.0405. The molecule has 0 aliphatic carbocycles. The summed E-state index contributed by atoms with van der Waals surface area (Å²) < 4.78 is 26.9. The molecule has 4 nitrogen and oxygen atoms in total. The third kappa shape index (κ3) is 4.71. The predicted molar refractivity (Wildman–Crippen MR) is 110 cm³/mol. The first kappa shape index (κ1) is 19.8. The summed E-state index contributed by atoms with van der Waals surface area (Å²) in [4.78, 5) is 20.3. The monoisotopic (exact) mass is 406 g/mol. The molecule has 1 aliphatic rings. The molecule has 0 fully saturated rings. The van der Waals surface area contributed by atoms with Crippen LogP contribution in [0.4, 0.5) is 8.78 Å². The maximum absolute atomic E-state index is 13.7. The zero-order chi connectivity index (χ0) is 20.9. The summed E-state index contributed by atoms with van der Waals surface area (Å²) in [5, 5.41) is 4.17. The number of halogens is 2. The van der Waals surface area contributed by atoms with E-state index in [9.17, 15) is 13.6 Å². The highest BCUT2D eigenvalue weighted by Gasteiger charge is 2.27. The van der Waals surface area contributed by atoms with E-state index in [0.29, 0.717) is 6.42 Å². The van der Waals surface area contributed by atoms with Crippen LogP contribution in [-0.2, 0) is 11.4 Å². The quantitative estimate of drug-likeness (QED) is 0.590. The molecule has 0 aromatic heterocycles. The number of hydrogen-bond acceptors (Lipinski definition) is 3. The topological polar surface area (TPSA) is 41.9 Å². The van der Waals surface area contributed by atoms with Crippen LogP contribution in [0.3, 0.4) is 0 Å². The van der Waals surface area contributed by atoms with Crippen LogP contribution in [0.5, 0.6) is 0 Å². The Balaban J connectivity index is 1.51. The third-order valence-corrected chi connectivity index (χ3v) is 4.91. The number of carbonyl (C=O) groups is 1. The average molecular weight is 406 g/mol. The number of carbonyl (C=O) groups excluding carboxylic acids is 1. The zero-order valence-corrected chi connectivity index (χ0v) is 16.2. The number of oxime groups is 1. The van der Waals surface area contributed by atoms with E-state index in [1.165, 1.54) is 30.3 Å². The van der Waals surface area contributed by atoms with Crippen LogP contribution < -0.4 is 0 Å². The standard InChI is InChI=1S/C24H20F2N2O2/c25-20-11-9-17(10-12-20)15-28(24(29)19-7-4-8-21(26)13-19)16-22-14-23(27-30-22)18-5-2-1-3-6-18/h1-13,22H,14-16H2. The van der Waals surface area contributed by atoms with Crippen molar-refractivity contribution in [2.24, 2.45) is 5.16 Å². The molecular formula is C24H20F2N2O2. The normalized spacial score (nSPS) is 15.4. The van der Waals surface area contributed by atoms with E-state index >= 15 is 0 Å². The van der Waals surface area contributed by atoms with Gasteiger partial charge in [-0.25, -0.2) is 8.78 Å². The molecule has 0 radical (unpaired) electrons. The second-order valence-electron chi connectivity index (χ2n) is 7.16. The summed E-state index contributed by atoms with van der Waals surface area (Å²) in [5.41, 5.74) is 2.81. The van der Waals surface area contributed by atoms with Gasteiger partial charge in [-0.15, -0.1) is 0 Å². The van der Waals surface area contributed by atoms with Crippen molar-refractivity contribution in [3.05, 3.63) is 107 Å². The highest BCUT2D eigenvalue weighted by molar-refractivity contribution is 6.01. The highest BCUT2D eigenvalue weighted by atomic mass is 19.1. The van der Waals surface area contributed by atoms with Gasteiger partial charge in [-0.3, -0.25) is 4.79 Å². The van der Waals surface area contributed by atoms with Gasteiger partial charge in [-0.2, -0.15) is 0 Å². The van der Waals surface area contributed by atoms with Crippen molar-refractivity contribution in [1.29, 1.82) is 0 Å². The number of rotatable bonds is 6. The summed E-state index contributed by atoms with van der Waals surface area (Å²) >= 11 is 0. The first-order chi connectivity index (χ1) is 14.6. The summed E-state index contributed by atoms with van der Waals surface area (Å²) in [6.45, 7) is 0.517. The Kier molecular flexibility index (Phi) is 5.84. The van der Waals surface area contributed by atoms with Gasteiger partial charge < -0.3 is 9.74 Å². The summed E-state index contributed by atoms with van der Waals surface area (Å²) in [7, 11) is 0. The molecule has 1 heterocycles. The molecule has 4 rings (SSSR count). The minimum Gasteiger partial charge on any atom is -0.390 e. The Bertz CT molecular complexity index is 1050. The lowest BCUT2D eigenvalue weighted by atomic mass is 10.0. The van der Waals surface area contributed by atoms with Crippen molar-refractivity contribution < 1.29 is 18.4 Å². The molecule has 6 heteroatoms. The van der Waals surface area contributed by atoms with E-state index in [0.717, 1.165) is 16.8 Å². The molecule has 1 unspecified atom stereocenters. The molecule has 3 aromatic rings. The van der Waals surface area contributed by atoms with Gasteiger partial charge >= 0.3 is 0 Å². The van der Waals surface area contributed by atoms with Crippen LogP contribution in [-0.4, -0.2) is 29.2 Å². The fourth-order valence-corrected chi connectivity index (χ4v) is 3.41. The van der Waals surface area contributed by atoms with Crippen molar-refractivity contribution in [2.45, 2.75) is 19.1 Å². The Hall–Kier alpha value is -3.54. The maximum atomic E-state index is 13.7. The van der Waals surface area contributed by atoms with Gasteiger partial charge in [0.1, 0.15) is 11.6 Å². The Morgan fingerprint density at radius 2 is 1.73 bits per heavy atom. The van der Waals surface area contributed by atoms with Gasteiger partial charge in [0, 0.05) is 18.5 Å². The average Bonchev–Trinajstić information content (AvgIpc) is 3.23. The minimum absolute atomic E-state index is 0.246. The van der Waals surface area contributed by atoms with Crippen molar-refractivity contribution in [2.75, 3.05) is 6.54 Å². The van der Waals surface area contributed by atoms with Gasteiger partial charge in [-0.1, -0.05) is 53.7 Å². The molecule has 0 bridgehead atoms. The minimum atomic E-state index is -0.477. The maximum Gasteiger partial charge on any atom is 0.254 e. The van der Waals surface area contributed by atoms with Gasteiger partial charge in [0.05, 0.1) is 12.3 Å².